The third-order valence-corrected chi connectivity index (χ3v) is 2.93. The maximum absolute atomic E-state index is 11.7. The summed E-state index contributed by atoms with van der Waals surface area (Å²) in [5.41, 5.74) is 1.79. The first-order valence-electron chi connectivity index (χ1n) is 5.57. The Labute approximate surface area is 115 Å². The first-order chi connectivity index (χ1) is 9.02. The van der Waals surface area contributed by atoms with Crippen LogP contribution in [-0.2, 0) is 0 Å². The van der Waals surface area contributed by atoms with Gasteiger partial charge in [-0.3, -0.25) is 9.78 Å². The van der Waals surface area contributed by atoms with Crippen molar-refractivity contribution >= 4 is 17.9 Å². The summed E-state index contributed by atoms with van der Waals surface area (Å²) in [5.74, 6) is 0. The van der Waals surface area contributed by atoms with Crippen molar-refractivity contribution in [3.8, 4) is 17.3 Å². The smallest absolute Gasteiger partial charge is 0.270 e. The van der Waals surface area contributed by atoms with Gasteiger partial charge >= 0.3 is 0 Å². The van der Waals surface area contributed by atoms with Gasteiger partial charge in [-0.15, -0.1) is 0 Å². The maximum atomic E-state index is 11.7. The fraction of sp³-hybridized carbons (Fsp3) is 0.154. The zero-order valence-electron chi connectivity index (χ0n) is 10.5. The average molecular weight is 272 g/mol. The topological polar surface area (TPSA) is 75.7 Å². The molecule has 5 nitrogen and oxygen atoms in total. The van der Waals surface area contributed by atoms with Crippen LogP contribution in [0.5, 0.6) is 0 Å². The van der Waals surface area contributed by atoms with Gasteiger partial charge in [0.05, 0.1) is 5.69 Å². The third-order valence-electron chi connectivity index (χ3n) is 2.73. The summed E-state index contributed by atoms with van der Waals surface area (Å²) >= 11 is 4.93. The van der Waals surface area contributed by atoms with E-state index in [1.165, 1.54) is 0 Å². The van der Waals surface area contributed by atoms with Crippen LogP contribution in [0.1, 0.15) is 5.56 Å². The van der Waals surface area contributed by atoms with E-state index in [0.717, 1.165) is 11.3 Å². The minimum atomic E-state index is -0.474. The second-order valence-electron chi connectivity index (χ2n) is 4.21. The minimum absolute atomic E-state index is 0.0335. The molecule has 2 rings (SSSR count). The number of rotatable bonds is 2. The molecule has 2 N–H and O–H groups in total. The Morgan fingerprint density at radius 3 is 2.37 bits per heavy atom. The van der Waals surface area contributed by atoms with E-state index in [-0.39, 0.29) is 10.3 Å². The maximum Gasteiger partial charge on any atom is 0.270 e. The van der Waals surface area contributed by atoms with Crippen LogP contribution in [0.4, 0.5) is 5.69 Å². The highest BCUT2D eigenvalue weighted by Crippen LogP contribution is 2.21. The molecular weight excluding hydrogens is 260 g/mol. The van der Waals surface area contributed by atoms with Crippen LogP contribution in [0.15, 0.2) is 29.1 Å². The molecule has 96 valence electrons. The van der Waals surface area contributed by atoms with E-state index in [0.29, 0.717) is 5.69 Å². The van der Waals surface area contributed by atoms with Gasteiger partial charge in [-0.05, 0) is 29.9 Å². The molecule has 0 saturated heterocycles. The van der Waals surface area contributed by atoms with Gasteiger partial charge in [0, 0.05) is 19.8 Å². The Morgan fingerprint density at radius 1 is 1.21 bits per heavy atom. The van der Waals surface area contributed by atoms with E-state index >= 15 is 0 Å². The molecule has 0 fully saturated rings. The molecule has 0 aliphatic carbocycles. The number of anilines is 1. The Hall–Kier alpha value is -2.39. The van der Waals surface area contributed by atoms with E-state index in [1.54, 1.807) is 0 Å². The molecule has 0 radical (unpaired) electrons. The Kier molecular flexibility index (Phi) is 3.49. The minimum Gasteiger partial charge on any atom is -0.378 e. The van der Waals surface area contributed by atoms with Crippen molar-refractivity contribution < 1.29 is 0 Å². The molecule has 0 aliphatic rings. The van der Waals surface area contributed by atoms with Gasteiger partial charge in [0.2, 0.25) is 0 Å². The molecule has 0 atom stereocenters. The molecule has 0 aliphatic heterocycles. The molecule has 6 heteroatoms. The van der Waals surface area contributed by atoms with E-state index in [1.807, 2.05) is 49.3 Å². The van der Waals surface area contributed by atoms with Crippen molar-refractivity contribution in [2.24, 2.45) is 0 Å². The summed E-state index contributed by atoms with van der Waals surface area (Å²) < 4.78 is 0.204. The van der Waals surface area contributed by atoms with Crippen LogP contribution in [0.2, 0.25) is 0 Å². The van der Waals surface area contributed by atoms with Gasteiger partial charge in [-0.25, -0.2) is 0 Å². The van der Waals surface area contributed by atoms with E-state index in [2.05, 4.69) is 9.97 Å². The van der Waals surface area contributed by atoms with Crippen LogP contribution in [0, 0.1) is 16.1 Å². The summed E-state index contributed by atoms with van der Waals surface area (Å²) in [6.45, 7) is 0. The molecule has 1 aromatic carbocycles. The van der Waals surface area contributed by atoms with Crippen molar-refractivity contribution in [1.82, 2.24) is 9.97 Å². The van der Waals surface area contributed by atoms with Crippen molar-refractivity contribution in [2.45, 2.75) is 0 Å². The first kappa shape index (κ1) is 13.1. The van der Waals surface area contributed by atoms with Crippen LogP contribution in [-0.4, -0.2) is 24.1 Å². The Balaban J connectivity index is 2.62. The summed E-state index contributed by atoms with van der Waals surface area (Å²) in [4.78, 5) is 18.9. The molecule has 0 bridgehead atoms. The van der Waals surface area contributed by atoms with Gasteiger partial charge in [-0.1, -0.05) is 12.1 Å². The number of benzene rings is 1. The zero-order chi connectivity index (χ0) is 14.0. The third kappa shape index (κ3) is 2.56. The van der Waals surface area contributed by atoms with Crippen LogP contribution in [0.3, 0.4) is 0 Å². The van der Waals surface area contributed by atoms with Crippen molar-refractivity contribution in [1.29, 1.82) is 5.26 Å². The van der Waals surface area contributed by atoms with Gasteiger partial charge in [0.15, 0.2) is 4.77 Å². The van der Waals surface area contributed by atoms with Crippen LogP contribution in [0.25, 0.3) is 11.3 Å². The SMILES string of the molecule is CN(C)c1ccc(-c2[nH]c(=S)[nH]c(=O)c2C#N)cc1. The summed E-state index contributed by atoms with van der Waals surface area (Å²) in [6, 6.07) is 9.40. The molecule has 0 amide bonds. The molecule has 0 unspecified atom stereocenters. The van der Waals surface area contributed by atoms with Crippen molar-refractivity contribution in [3.05, 3.63) is 45.0 Å². The second kappa shape index (κ2) is 5.08. The predicted octanol–water partition coefficient (Wildman–Crippen LogP) is 2.04. The van der Waals surface area contributed by atoms with E-state index in [4.69, 9.17) is 17.5 Å². The zero-order valence-corrected chi connectivity index (χ0v) is 11.3. The molecule has 1 aromatic heterocycles. The predicted molar refractivity (Wildman–Crippen MR) is 76.7 cm³/mol. The Morgan fingerprint density at radius 2 is 1.84 bits per heavy atom. The summed E-state index contributed by atoms with van der Waals surface area (Å²) in [5, 5.41) is 9.06. The number of nitrogens with zero attached hydrogens (tertiary/aromatic N) is 2. The molecular formula is C13H12N4OS. The van der Waals surface area contributed by atoms with Gasteiger partial charge in [-0.2, -0.15) is 5.26 Å². The summed E-state index contributed by atoms with van der Waals surface area (Å²) in [7, 11) is 3.88. The normalized spacial score (nSPS) is 9.95. The highest BCUT2D eigenvalue weighted by atomic mass is 32.1. The molecule has 0 saturated carbocycles. The number of nitriles is 1. The van der Waals surface area contributed by atoms with Crippen molar-refractivity contribution in [3.63, 3.8) is 0 Å². The number of aromatic nitrogens is 2. The highest BCUT2D eigenvalue weighted by molar-refractivity contribution is 7.71. The summed E-state index contributed by atoms with van der Waals surface area (Å²) in [6.07, 6.45) is 0. The highest BCUT2D eigenvalue weighted by Gasteiger charge is 2.10. The largest absolute Gasteiger partial charge is 0.378 e. The van der Waals surface area contributed by atoms with E-state index in [9.17, 15) is 4.79 Å². The number of hydrogen-bond donors (Lipinski definition) is 2. The fourth-order valence-corrected chi connectivity index (χ4v) is 1.93. The lowest BCUT2D eigenvalue weighted by atomic mass is 10.1. The lowest BCUT2D eigenvalue weighted by Gasteiger charge is -2.12. The molecule has 0 spiro atoms. The van der Waals surface area contributed by atoms with Gasteiger partial charge < -0.3 is 9.88 Å². The number of H-pyrrole nitrogens is 2. The average Bonchev–Trinajstić information content (AvgIpc) is 2.38. The quantitative estimate of drug-likeness (QED) is 0.820. The van der Waals surface area contributed by atoms with Gasteiger partial charge in [0.25, 0.3) is 5.56 Å². The lowest BCUT2D eigenvalue weighted by molar-refractivity contribution is 1.08. The first-order valence-corrected chi connectivity index (χ1v) is 5.98. The van der Waals surface area contributed by atoms with Gasteiger partial charge in [0.1, 0.15) is 11.6 Å². The second-order valence-corrected chi connectivity index (χ2v) is 4.62. The van der Waals surface area contributed by atoms with Crippen LogP contribution < -0.4 is 10.5 Å². The van der Waals surface area contributed by atoms with E-state index < -0.39 is 5.56 Å². The number of nitrogens with one attached hydrogen (secondary N) is 2. The Bertz CT molecular complexity index is 750. The van der Waals surface area contributed by atoms with Crippen LogP contribution >= 0.6 is 12.2 Å². The number of aromatic amines is 2. The molecule has 1 heterocycles. The molecule has 2 aromatic rings. The van der Waals surface area contributed by atoms with Crippen molar-refractivity contribution in [2.75, 3.05) is 19.0 Å². The monoisotopic (exact) mass is 272 g/mol. The fourth-order valence-electron chi connectivity index (χ4n) is 1.74. The standard InChI is InChI=1S/C13H12N4OS/c1-17(2)9-5-3-8(4-6-9)11-10(7-14)12(18)16-13(19)15-11/h3-6H,1-2H3,(H2,15,16,18,19). The number of hydrogen-bond acceptors (Lipinski definition) is 4. The molecule has 19 heavy (non-hydrogen) atoms. The lowest BCUT2D eigenvalue weighted by Crippen LogP contribution is -2.13.